The van der Waals surface area contributed by atoms with Crippen LogP contribution in [0.15, 0.2) is 58.0 Å². The van der Waals surface area contributed by atoms with Gasteiger partial charge in [0, 0.05) is 21.5 Å². The molecule has 0 aliphatic carbocycles. The van der Waals surface area contributed by atoms with E-state index in [1.165, 1.54) is 10.8 Å². The largest absolute Gasteiger partial charge is 0.471 e. The predicted molar refractivity (Wildman–Crippen MR) is 63.5 cm³/mol. The molecule has 2 aromatic carbocycles. The van der Waals surface area contributed by atoms with Crippen molar-refractivity contribution in [1.82, 2.24) is 0 Å². The zero-order valence-corrected chi connectivity index (χ0v) is 8.44. The number of rotatable bonds is 0. The van der Waals surface area contributed by atoms with E-state index in [1.807, 2.05) is 12.1 Å². The van der Waals surface area contributed by atoms with E-state index in [1.54, 1.807) is 18.8 Å². The summed E-state index contributed by atoms with van der Waals surface area (Å²) in [5, 5.41) is 5.83. The molecule has 0 spiro atoms. The lowest BCUT2D eigenvalue weighted by Gasteiger charge is -2.00. The topological polar surface area (TPSA) is 26.3 Å². The highest BCUT2D eigenvalue weighted by molar-refractivity contribution is 6.19. The maximum atomic E-state index is 5.42. The molecule has 2 heteroatoms. The Hall–Kier alpha value is -2.22. The molecule has 0 saturated heterocycles. The molecule has 0 bridgehead atoms. The quantitative estimate of drug-likeness (QED) is 0.430. The summed E-state index contributed by atoms with van der Waals surface area (Å²) in [5.74, 6) is 0. The summed E-state index contributed by atoms with van der Waals surface area (Å²) in [5.41, 5.74) is 0.918. The molecule has 16 heavy (non-hydrogen) atoms. The highest BCUT2D eigenvalue weighted by Gasteiger charge is 2.07. The van der Waals surface area contributed by atoms with Gasteiger partial charge in [-0.1, -0.05) is 18.2 Å². The lowest BCUT2D eigenvalue weighted by Crippen LogP contribution is -1.74. The van der Waals surface area contributed by atoms with Crippen molar-refractivity contribution in [1.29, 1.82) is 0 Å². The first-order chi connectivity index (χ1) is 7.93. The van der Waals surface area contributed by atoms with Crippen LogP contribution in [-0.2, 0) is 0 Å². The van der Waals surface area contributed by atoms with E-state index in [-0.39, 0.29) is 0 Å². The van der Waals surface area contributed by atoms with Crippen molar-refractivity contribution >= 4 is 32.5 Å². The Morgan fingerprint density at radius 2 is 1.62 bits per heavy atom. The van der Waals surface area contributed by atoms with Crippen LogP contribution in [0.3, 0.4) is 0 Å². The minimum absolute atomic E-state index is 0.918. The molecule has 0 atom stereocenters. The van der Waals surface area contributed by atoms with Crippen LogP contribution < -0.4 is 0 Å². The van der Waals surface area contributed by atoms with Crippen LogP contribution in [0.1, 0.15) is 0 Å². The first kappa shape index (κ1) is 7.99. The first-order valence-corrected chi connectivity index (χ1v) is 5.18. The van der Waals surface area contributed by atoms with Gasteiger partial charge in [0.1, 0.15) is 5.58 Å². The molecule has 0 saturated carbocycles. The van der Waals surface area contributed by atoms with E-state index >= 15 is 0 Å². The Kier molecular flexibility index (Phi) is 1.33. The van der Waals surface area contributed by atoms with E-state index in [2.05, 4.69) is 18.2 Å². The van der Waals surface area contributed by atoms with Crippen molar-refractivity contribution in [3.8, 4) is 0 Å². The molecule has 2 aromatic heterocycles. The number of fused-ring (bicyclic) bond motifs is 5. The number of furan rings is 2. The Morgan fingerprint density at radius 3 is 2.62 bits per heavy atom. The number of hydrogen-bond donors (Lipinski definition) is 0. The van der Waals surface area contributed by atoms with E-state index in [0.29, 0.717) is 0 Å². The molecule has 4 rings (SSSR count). The molecule has 76 valence electrons. The fourth-order valence-electron chi connectivity index (χ4n) is 2.32. The zero-order valence-electron chi connectivity index (χ0n) is 8.44. The highest BCUT2D eigenvalue weighted by atomic mass is 16.3. The van der Waals surface area contributed by atoms with Gasteiger partial charge in [0.05, 0.1) is 18.8 Å². The molecule has 0 N–H and O–H groups in total. The van der Waals surface area contributed by atoms with Gasteiger partial charge in [-0.05, 0) is 17.5 Å². The lowest BCUT2D eigenvalue weighted by molar-refractivity contribution is 0.572. The molecule has 0 aliphatic rings. The molecule has 2 nitrogen and oxygen atoms in total. The van der Waals surface area contributed by atoms with Gasteiger partial charge < -0.3 is 8.83 Å². The summed E-state index contributed by atoms with van der Waals surface area (Å²) in [6.07, 6.45) is 5.29. The standard InChI is InChI=1S/C14H8O2/c1-2-10-7-15-8-12(10)14-9(1)3-4-13-11(14)5-6-16-13/h1-8H. The predicted octanol–water partition coefficient (Wildman–Crippen LogP) is 4.33. The number of hydrogen-bond acceptors (Lipinski definition) is 2. The maximum absolute atomic E-state index is 5.42. The highest BCUT2D eigenvalue weighted by Crippen LogP contribution is 2.32. The monoisotopic (exact) mass is 208 g/mol. The third kappa shape index (κ3) is 0.865. The Bertz CT molecular complexity index is 740. The summed E-state index contributed by atoms with van der Waals surface area (Å²) in [6, 6.07) is 10.3. The van der Waals surface area contributed by atoms with Crippen LogP contribution in [0.5, 0.6) is 0 Å². The van der Waals surface area contributed by atoms with E-state index < -0.39 is 0 Å². The van der Waals surface area contributed by atoms with Crippen LogP contribution in [0.2, 0.25) is 0 Å². The summed E-state index contributed by atoms with van der Waals surface area (Å²) in [7, 11) is 0. The number of benzene rings is 2. The molecule has 0 radical (unpaired) electrons. The fourth-order valence-corrected chi connectivity index (χ4v) is 2.32. The minimum atomic E-state index is 0.918. The minimum Gasteiger partial charge on any atom is -0.471 e. The normalized spacial score (nSPS) is 11.8. The van der Waals surface area contributed by atoms with Crippen LogP contribution >= 0.6 is 0 Å². The van der Waals surface area contributed by atoms with Gasteiger partial charge in [-0.2, -0.15) is 0 Å². The van der Waals surface area contributed by atoms with Gasteiger partial charge in [-0.3, -0.25) is 0 Å². The molecule has 0 amide bonds. The SMILES string of the molecule is c1cc2c(ccc3ccc4cocc4c32)o1. The second kappa shape index (κ2) is 2.67. The average Bonchev–Trinajstić information content (AvgIpc) is 2.96. The first-order valence-electron chi connectivity index (χ1n) is 5.18. The summed E-state index contributed by atoms with van der Waals surface area (Å²) < 4.78 is 10.7. The van der Waals surface area contributed by atoms with Crippen molar-refractivity contribution in [2.75, 3.05) is 0 Å². The zero-order chi connectivity index (χ0) is 10.5. The van der Waals surface area contributed by atoms with E-state index in [9.17, 15) is 0 Å². The Labute approximate surface area is 91.1 Å². The Balaban J connectivity index is 2.44. The molecule has 0 unspecified atom stereocenters. The third-order valence-electron chi connectivity index (χ3n) is 3.07. The third-order valence-corrected chi connectivity index (χ3v) is 3.07. The lowest BCUT2D eigenvalue weighted by atomic mass is 10.0. The molecule has 2 heterocycles. The van der Waals surface area contributed by atoms with E-state index in [4.69, 9.17) is 8.83 Å². The molecule has 0 fully saturated rings. The van der Waals surface area contributed by atoms with Gasteiger partial charge in [0.25, 0.3) is 0 Å². The van der Waals surface area contributed by atoms with Crippen LogP contribution in [0, 0.1) is 0 Å². The van der Waals surface area contributed by atoms with Crippen LogP contribution in [0.25, 0.3) is 32.5 Å². The van der Waals surface area contributed by atoms with Crippen molar-refractivity contribution < 1.29 is 8.83 Å². The second-order valence-electron chi connectivity index (χ2n) is 3.94. The maximum Gasteiger partial charge on any atom is 0.134 e. The summed E-state index contributed by atoms with van der Waals surface area (Å²) in [4.78, 5) is 0. The van der Waals surface area contributed by atoms with Gasteiger partial charge in [-0.15, -0.1) is 0 Å². The van der Waals surface area contributed by atoms with Crippen LogP contribution in [-0.4, -0.2) is 0 Å². The van der Waals surface area contributed by atoms with Crippen LogP contribution in [0.4, 0.5) is 0 Å². The van der Waals surface area contributed by atoms with E-state index in [0.717, 1.165) is 21.7 Å². The van der Waals surface area contributed by atoms with Crippen molar-refractivity contribution in [3.05, 3.63) is 49.1 Å². The Morgan fingerprint density at radius 1 is 0.750 bits per heavy atom. The average molecular weight is 208 g/mol. The molecule has 4 aromatic rings. The van der Waals surface area contributed by atoms with Gasteiger partial charge in [0.2, 0.25) is 0 Å². The van der Waals surface area contributed by atoms with Crippen molar-refractivity contribution in [2.45, 2.75) is 0 Å². The molecular formula is C14H8O2. The van der Waals surface area contributed by atoms with Gasteiger partial charge in [-0.25, -0.2) is 0 Å². The summed E-state index contributed by atoms with van der Waals surface area (Å²) in [6.45, 7) is 0. The van der Waals surface area contributed by atoms with Crippen molar-refractivity contribution in [2.24, 2.45) is 0 Å². The van der Waals surface area contributed by atoms with Gasteiger partial charge >= 0.3 is 0 Å². The fraction of sp³-hybridized carbons (Fsp3) is 0. The summed E-state index contributed by atoms with van der Waals surface area (Å²) >= 11 is 0. The smallest absolute Gasteiger partial charge is 0.134 e. The molecular weight excluding hydrogens is 200 g/mol. The second-order valence-corrected chi connectivity index (χ2v) is 3.94. The van der Waals surface area contributed by atoms with Gasteiger partial charge in [0.15, 0.2) is 0 Å². The molecule has 0 aliphatic heterocycles. The van der Waals surface area contributed by atoms with Crippen molar-refractivity contribution in [3.63, 3.8) is 0 Å².